The number of benzene rings is 2. The van der Waals surface area contributed by atoms with Gasteiger partial charge in [-0.05, 0) is 30.7 Å². The molecule has 0 aromatic heterocycles. The van der Waals surface area contributed by atoms with Crippen LogP contribution in [0.3, 0.4) is 0 Å². The highest BCUT2D eigenvalue weighted by molar-refractivity contribution is 5.97. The van der Waals surface area contributed by atoms with Crippen molar-refractivity contribution < 1.29 is 19.1 Å². The minimum Gasteiger partial charge on any atom is -0.466 e. The topological polar surface area (TPSA) is 75.7 Å². The van der Waals surface area contributed by atoms with Crippen LogP contribution in [-0.2, 0) is 20.9 Å². The number of nitrogens with zero attached hydrogens (tertiary/aromatic N) is 1. The summed E-state index contributed by atoms with van der Waals surface area (Å²) in [6.07, 6.45) is 0.123. The number of carbonyl (C=O) groups is 3. The second-order valence-corrected chi connectivity index (χ2v) is 6.03. The van der Waals surface area contributed by atoms with Crippen molar-refractivity contribution in [1.82, 2.24) is 4.90 Å². The van der Waals surface area contributed by atoms with Gasteiger partial charge in [0.25, 0.3) is 5.91 Å². The fourth-order valence-corrected chi connectivity index (χ4v) is 2.63. The lowest BCUT2D eigenvalue weighted by molar-refractivity contribution is -0.143. The highest BCUT2D eigenvalue weighted by atomic mass is 16.5. The Morgan fingerprint density at radius 2 is 1.78 bits per heavy atom. The predicted molar refractivity (Wildman–Crippen MR) is 103 cm³/mol. The summed E-state index contributed by atoms with van der Waals surface area (Å²) < 4.78 is 4.97. The van der Waals surface area contributed by atoms with E-state index >= 15 is 0 Å². The predicted octanol–water partition coefficient (Wildman–Crippen LogP) is 3.24. The lowest BCUT2D eigenvalue weighted by Gasteiger charge is -2.23. The molecule has 0 aliphatic heterocycles. The maximum atomic E-state index is 13.0. The minimum absolute atomic E-state index is 0.123. The van der Waals surface area contributed by atoms with E-state index in [0.717, 1.165) is 5.56 Å². The number of hydrogen-bond acceptors (Lipinski definition) is 4. The zero-order valence-electron chi connectivity index (χ0n) is 15.6. The SMILES string of the molecule is CCOC(=O)CCN(Cc1ccccc1)C(=O)c1cccc(NC(C)=O)c1. The number of carbonyl (C=O) groups excluding carboxylic acids is 3. The highest BCUT2D eigenvalue weighted by Gasteiger charge is 2.18. The van der Waals surface area contributed by atoms with Gasteiger partial charge in [0.15, 0.2) is 0 Å². The number of esters is 1. The molecule has 2 rings (SSSR count). The first-order valence-corrected chi connectivity index (χ1v) is 8.86. The molecule has 0 atom stereocenters. The molecule has 0 bridgehead atoms. The molecule has 0 fully saturated rings. The Bertz CT molecular complexity index is 790. The van der Waals surface area contributed by atoms with Gasteiger partial charge in [-0.1, -0.05) is 36.4 Å². The standard InChI is InChI=1S/C21H24N2O4/c1-3-27-20(25)12-13-23(15-17-8-5-4-6-9-17)21(26)18-10-7-11-19(14-18)22-16(2)24/h4-11,14H,3,12-13,15H2,1-2H3,(H,22,24). The lowest BCUT2D eigenvalue weighted by atomic mass is 10.1. The smallest absolute Gasteiger partial charge is 0.307 e. The number of rotatable bonds is 8. The van der Waals surface area contributed by atoms with Crippen LogP contribution < -0.4 is 5.32 Å². The molecule has 2 amide bonds. The van der Waals surface area contributed by atoms with Gasteiger partial charge in [0, 0.05) is 31.3 Å². The molecule has 142 valence electrons. The summed E-state index contributed by atoms with van der Waals surface area (Å²) in [4.78, 5) is 37.6. The Balaban J connectivity index is 2.18. The van der Waals surface area contributed by atoms with Crippen molar-refractivity contribution >= 4 is 23.5 Å². The maximum absolute atomic E-state index is 13.0. The summed E-state index contributed by atoms with van der Waals surface area (Å²) in [5.74, 6) is -0.756. The fraction of sp³-hybridized carbons (Fsp3) is 0.286. The summed E-state index contributed by atoms with van der Waals surface area (Å²) >= 11 is 0. The van der Waals surface area contributed by atoms with E-state index in [1.54, 1.807) is 36.1 Å². The van der Waals surface area contributed by atoms with Crippen molar-refractivity contribution in [3.63, 3.8) is 0 Å². The van der Waals surface area contributed by atoms with E-state index in [1.165, 1.54) is 6.92 Å². The van der Waals surface area contributed by atoms with Crippen molar-refractivity contribution in [3.05, 3.63) is 65.7 Å². The Morgan fingerprint density at radius 1 is 1.04 bits per heavy atom. The second kappa shape index (κ2) is 10.1. The average Bonchev–Trinajstić information content (AvgIpc) is 2.65. The molecule has 0 saturated heterocycles. The fourth-order valence-electron chi connectivity index (χ4n) is 2.63. The van der Waals surface area contributed by atoms with E-state index in [1.807, 2.05) is 30.3 Å². The minimum atomic E-state index is -0.338. The van der Waals surface area contributed by atoms with Crippen LogP contribution in [0.1, 0.15) is 36.2 Å². The molecule has 6 nitrogen and oxygen atoms in total. The van der Waals surface area contributed by atoms with Gasteiger partial charge in [0.05, 0.1) is 13.0 Å². The van der Waals surface area contributed by atoms with Crippen LogP contribution in [0.25, 0.3) is 0 Å². The van der Waals surface area contributed by atoms with Gasteiger partial charge in [-0.25, -0.2) is 0 Å². The molecule has 27 heavy (non-hydrogen) atoms. The molecule has 0 radical (unpaired) electrons. The first-order chi connectivity index (χ1) is 13.0. The molecule has 6 heteroatoms. The average molecular weight is 368 g/mol. The number of anilines is 1. The summed E-state index contributed by atoms with van der Waals surface area (Å²) in [6, 6.07) is 16.3. The summed E-state index contributed by atoms with van der Waals surface area (Å²) in [5, 5.41) is 2.67. The van der Waals surface area contributed by atoms with E-state index < -0.39 is 0 Å². The molecule has 2 aromatic carbocycles. The van der Waals surface area contributed by atoms with Gasteiger partial charge in [0.1, 0.15) is 0 Å². The quantitative estimate of drug-likeness (QED) is 0.726. The Kier molecular flexibility index (Phi) is 7.55. The van der Waals surface area contributed by atoms with Crippen LogP contribution in [0.4, 0.5) is 5.69 Å². The normalized spacial score (nSPS) is 10.1. The second-order valence-electron chi connectivity index (χ2n) is 6.03. The number of amides is 2. The van der Waals surface area contributed by atoms with E-state index in [4.69, 9.17) is 4.74 Å². The zero-order valence-corrected chi connectivity index (χ0v) is 15.6. The van der Waals surface area contributed by atoms with Crippen LogP contribution >= 0.6 is 0 Å². The third kappa shape index (κ3) is 6.58. The van der Waals surface area contributed by atoms with E-state index in [0.29, 0.717) is 24.4 Å². The number of nitrogens with one attached hydrogen (secondary N) is 1. The van der Waals surface area contributed by atoms with Crippen molar-refractivity contribution in [2.24, 2.45) is 0 Å². The first kappa shape index (κ1) is 20.2. The molecule has 0 aliphatic carbocycles. The van der Waals surface area contributed by atoms with Crippen LogP contribution in [0, 0.1) is 0 Å². The molecule has 0 aliphatic rings. The van der Waals surface area contributed by atoms with Crippen molar-refractivity contribution in [2.75, 3.05) is 18.5 Å². The Labute approximate surface area is 159 Å². The van der Waals surface area contributed by atoms with Crippen LogP contribution in [0.5, 0.6) is 0 Å². The van der Waals surface area contributed by atoms with E-state index in [2.05, 4.69) is 5.32 Å². The van der Waals surface area contributed by atoms with Gasteiger partial charge in [-0.3, -0.25) is 14.4 Å². The maximum Gasteiger partial charge on any atom is 0.307 e. The zero-order chi connectivity index (χ0) is 19.6. The van der Waals surface area contributed by atoms with Gasteiger partial charge in [-0.2, -0.15) is 0 Å². The van der Waals surface area contributed by atoms with Gasteiger partial charge in [0.2, 0.25) is 5.91 Å². The molecular weight excluding hydrogens is 344 g/mol. The molecular formula is C21H24N2O4. The van der Waals surface area contributed by atoms with E-state index in [-0.39, 0.29) is 30.7 Å². The van der Waals surface area contributed by atoms with Crippen molar-refractivity contribution in [2.45, 2.75) is 26.8 Å². The molecule has 0 unspecified atom stereocenters. The van der Waals surface area contributed by atoms with Crippen LogP contribution in [-0.4, -0.2) is 35.8 Å². The molecule has 0 saturated carbocycles. The van der Waals surface area contributed by atoms with Crippen molar-refractivity contribution in [3.8, 4) is 0 Å². The monoisotopic (exact) mass is 368 g/mol. The van der Waals surface area contributed by atoms with Crippen molar-refractivity contribution in [1.29, 1.82) is 0 Å². The Morgan fingerprint density at radius 3 is 2.44 bits per heavy atom. The lowest BCUT2D eigenvalue weighted by Crippen LogP contribution is -2.33. The summed E-state index contributed by atoms with van der Waals surface area (Å²) in [6.45, 7) is 4.10. The third-order valence-corrected chi connectivity index (χ3v) is 3.82. The molecule has 1 N–H and O–H groups in total. The largest absolute Gasteiger partial charge is 0.466 e. The third-order valence-electron chi connectivity index (χ3n) is 3.82. The highest BCUT2D eigenvalue weighted by Crippen LogP contribution is 2.15. The number of ether oxygens (including phenoxy) is 1. The van der Waals surface area contributed by atoms with Crippen LogP contribution in [0.15, 0.2) is 54.6 Å². The molecule has 0 spiro atoms. The first-order valence-electron chi connectivity index (χ1n) is 8.86. The number of hydrogen-bond donors (Lipinski definition) is 1. The van der Waals surface area contributed by atoms with E-state index in [9.17, 15) is 14.4 Å². The summed E-state index contributed by atoms with van der Waals surface area (Å²) in [7, 11) is 0. The summed E-state index contributed by atoms with van der Waals surface area (Å²) in [5.41, 5.74) is 1.96. The van der Waals surface area contributed by atoms with Gasteiger partial charge in [-0.15, -0.1) is 0 Å². The molecule has 0 heterocycles. The van der Waals surface area contributed by atoms with Gasteiger partial charge >= 0.3 is 5.97 Å². The van der Waals surface area contributed by atoms with Gasteiger partial charge < -0.3 is 15.0 Å². The Hall–Kier alpha value is -3.15. The molecule has 2 aromatic rings. The van der Waals surface area contributed by atoms with Crippen LogP contribution in [0.2, 0.25) is 0 Å².